The Morgan fingerprint density at radius 2 is 2.07 bits per heavy atom. The van der Waals surface area contributed by atoms with E-state index in [-0.39, 0.29) is 25.3 Å². The van der Waals surface area contributed by atoms with Gasteiger partial charge in [0.2, 0.25) is 5.95 Å². The zero-order valence-electron chi connectivity index (χ0n) is 7.25. The van der Waals surface area contributed by atoms with Gasteiger partial charge in [-0.1, -0.05) is 0 Å². The Balaban J connectivity index is 2.24. The molecule has 0 bridgehead atoms. The highest BCUT2D eigenvalue weighted by molar-refractivity contribution is 5.18. The van der Waals surface area contributed by atoms with Crippen LogP contribution in [-0.2, 0) is 13.0 Å². The van der Waals surface area contributed by atoms with Gasteiger partial charge in [0.15, 0.2) is 0 Å². The molecule has 14 heavy (non-hydrogen) atoms. The quantitative estimate of drug-likeness (QED) is 0.688. The van der Waals surface area contributed by atoms with Gasteiger partial charge >= 0.3 is 6.18 Å². The Kier molecular flexibility index (Phi) is 1.90. The molecule has 0 spiro atoms. The molecule has 4 nitrogen and oxygen atoms in total. The molecule has 0 aromatic carbocycles. The molecule has 1 aliphatic rings. The van der Waals surface area contributed by atoms with Crippen LogP contribution in [-0.4, -0.2) is 20.9 Å². The fourth-order valence-electron chi connectivity index (χ4n) is 1.62. The zero-order valence-corrected chi connectivity index (χ0v) is 7.25. The Morgan fingerprint density at radius 1 is 1.36 bits per heavy atom. The van der Waals surface area contributed by atoms with E-state index < -0.39 is 12.1 Å². The van der Waals surface area contributed by atoms with Gasteiger partial charge in [0.1, 0.15) is 5.82 Å². The van der Waals surface area contributed by atoms with E-state index in [4.69, 9.17) is 5.73 Å². The Bertz CT molecular complexity index is 343. The highest BCUT2D eigenvalue weighted by atomic mass is 19.4. The van der Waals surface area contributed by atoms with Crippen molar-refractivity contribution in [2.75, 3.05) is 5.73 Å². The predicted octanol–water partition coefficient (Wildman–Crippen LogP) is 0.985. The van der Waals surface area contributed by atoms with Crippen LogP contribution in [0.2, 0.25) is 0 Å². The normalized spacial score (nSPS) is 22.1. The second-order valence-corrected chi connectivity index (χ2v) is 3.36. The predicted molar refractivity (Wildman–Crippen MR) is 42.3 cm³/mol. The molecule has 1 aromatic rings. The first-order valence-corrected chi connectivity index (χ1v) is 4.23. The Labute approximate surface area is 77.9 Å². The zero-order chi connectivity index (χ0) is 10.3. The number of aromatic nitrogens is 3. The smallest absolute Gasteiger partial charge is 0.368 e. The van der Waals surface area contributed by atoms with Crippen LogP contribution in [0.15, 0.2) is 0 Å². The van der Waals surface area contributed by atoms with Crippen molar-refractivity contribution in [3.8, 4) is 0 Å². The summed E-state index contributed by atoms with van der Waals surface area (Å²) in [6, 6.07) is 0. The summed E-state index contributed by atoms with van der Waals surface area (Å²) < 4.78 is 38.5. The van der Waals surface area contributed by atoms with Gasteiger partial charge in [0.05, 0.1) is 5.92 Å². The lowest BCUT2D eigenvalue weighted by molar-refractivity contribution is -0.182. The first-order chi connectivity index (χ1) is 6.48. The molecule has 78 valence electrons. The number of nitrogen functional groups attached to an aromatic ring is 1. The van der Waals surface area contributed by atoms with Gasteiger partial charge < -0.3 is 5.73 Å². The lowest BCUT2D eigenvalue weighted by atomic mass is 9.99. The van der Waals surface area contributed by atoms with E-state index in [0.29, 0.717) is 5.82 Å². The minimum atomic E-state index is -4.16. The molecule has 0 aliphatic carbocycles. The third-order valence-electron chi connectivity index (χ3n) is 2.44. The van der Waals surface area contributed by atoms with Crippen molar-refractivity contribution in [2.45, 2.75) is 25.6 Å². The van der Waals surface area contributed by atoms with Crippen molar-refractivity contribution >= 4 is 5.95 Å². The highest BCUT2D eigenvalue weighted by Gasteiger charge is 2.42. The summed E-state index contributed by atoms with van der Waals surface area (Å²) in [5.74, 6) is -0.717. The highest BCUT2D eigenvalue weighted by Crippen LogP contribution is 2.34. The minimum absolute atomic E-state index is 0.0638. The molecular weight excluding hydrogens is 197 g/mol. The third-order valence-corrected chi connectivity index (χ3v) is 2.44. The first kappa shape index (κ1) is 9.29. The largest absolute Gasteiger partial charge is 0.393 e. The molecule has 1 aliphatic heterocycles. The van der Waals surface area contributed by atoms with E-state index in [1.54, 1.807) is 0 Å². The number of hydrogen-bond donors (Lipinski definition) is 1. The van der Waals surface area contributed by atoms with Crippen LogP contribution in [0.3, 0.4) is 0 Å². The number of aryl methyl sites for hydroxylation is 1. The van der Waals surface area contributed by atoms with E-state index in [9.17, 15) is 13.2 Å². The van der Waals surface area contributed by atoms with E-state index in [0.717, 1.165) is 0 Å². The molecule has 2 rings (SSSR count). The summed E-state index contributed by atoms with van der Waals surface area (Å²) in [7, 11) is 0. The SMILES string of the molecule is Nc1nnc2n1CC(C(F)(F)F)CC2. The maximum Gasteiger partial charge on any atom is 0.393 e. The number of nitrogens with two attached hydrogens (primary N) is 1. The van der Waals surface area contributed by atoms with Crippen LogP contribution >= 0.6 is 0 Å². The van der Waals surface area contributed by atoms with Crippen molar-refractivity contribution < 1.29 is 13.2 Å². The maximum atomic E-state index is 12.4. The molecular formula is C7H9F3N4. The number of fused-ring (bicyclic) bond motifs is 1. The summed E-state index contributed by atoms with van der Waals surface area (Å²) in [5, 5.41) is 7.23. The number of anilines is 1. The van der Waals surface area contributed by atoms with Crippen molar-refractivity contribution in [3.05, 3.63) is 5.82 Å². The molecule has 7 heteroatoms. The third kappa shape index (κ3) is 1.42. The topological polar surface area (TPSA) is 56.7 Å². The van der Waals surface area contributed by atoms with Gasteiger partial charge in [-0.2, -0.15) is 13.2 Å². The summed E-state index contributed by atoms with van der Waals surface area (Å²) in [6.45, 7) is -0.155. The molecule has 1 atom stereocenters. The van der Waals surface area contributed by atoms with Gasteiger partial charge in [-0.3, -0.25) is 4.57 Å². The Morgan fingerprint density at radius 3 is 2.71 bits per heavy atom. The number of nitrogens with zero attached hydrogens (tertiary/aromatic N) is 3. The maximum absolute atomic E-state index is 12.4. The average Bonchev–Trinajstić information content (AvgIpc) is 2.46. The molecule has 2 heterocycles. The van der Waals surface area contributed by atoms with Gasteiger partial charge in [-0.15, -0.1) is 10.2 Å². The summed E-state index contributed by atoms with van der Waals surface area (Å²) >= 11 is 0. The van der Waals surface area contributed by atoms with Gasteiger partial charge in [0.25, 0.3) is 0 Å². The van der Waals surface area contributed by atoms with Crippen molar-refractivity contribution in [3.63, 3.8) is 0 Å². The van der Waals surface area contributed by atoms with Crippen LogP contribution in [0.1, 0.15) is 12.2 Å². The minimum Gasteiger partial charge on any atom is -0.368 e. The molecule has 1 aromatic heterocycles. The van der Waals surface area contributed by atoms with Gasteiger partial charge in [-0.25, -0.2) is 0 Å². The molecule has 0 saturated heterocycles. The van der Waals surface area contributed by atoms with Crippen LogP contribution in [0.4, 0.5) is 19.1 Å². The van der Waals surface area contributed by atoms with E-state index in [2.05, 4.69) is 10.2 Å². The van der Waals surface area contributed by atoms with Gasteiger partial charge in [0, 0.05) is 13.0 Å². The molecule has 0 fully saturated rings. The number of alkyl halides is 3. The number of rotatable bonds is 0. The number of hydrogen-bond acceptors (Lipinski definition) is 3. The average molecular weight is 206 g/mol. The standard InChI is InChI=1S/C7H9F3N4/c8-7(9,10)4-1-2-5-12-13-6(11)14(5)3-4/h4H,1-3H2,(H2,11,13). The lowest BCUT2D eigenvalue weighted by Gasteiger charge is -2.25. The number of halogens is 3. The molecule has 1 unspecified atom stereocenters. The monoisotopic (exact) mass is 206 g/mol. The van der Waals surface area contributed by atoms with Crippen LogP contribution in [0, 0.1) is 5.92 Å². The van der Waals surface area contributed by atoms with Crippen molar-refractivity contribution in [1.29, 1.82) is 0 Å². The fraction of sp³-hybridized carbons (Fsp3) is 0.714. The van der Waals surface area contributed by atoms with Crippen molar-refractivity contribution in [2.24, 2.45) is 5.92 Å². The first-order valence-electron chi connectivity index (χ1n) is 4.23. The van der Waals surface area contributed by atoms with Crippen LogP contribution in [0.25, 0.3) is 0 Å². The summed E-state index contributed by atoms with van der Waals surface area (Å²) in [5.41, 5.74) is 5.39. The lowest BCUT2D eigenvalue weighted by Crippen LogP contribution is -2.32. The van der Waals surface area contributed by atoms with E-state index in [1.807, 2.05) is 0 Å². The molecule has 0 amide bonds. The van der Waals surface area contributed by atoms with E-state index in [1.165, 1.54) is 4.57 Å². The summed E-state index contributed by atoms with van der Waals surface area (Å²) in [6.07, 6.45) is -3.80. The van der Waals surface area contributed by atoms with E-state index >= 15 is 0 Å². The second kappa shape index (κ2) is 2.86. The molecule has 2 N–H and O–H groups in total. The molecule has 0 saturated carbocycles. The fourth-order valence-corrected chi connectivity index (χ4v) is 1.62. The van der Waals surface area contributed by atoms with Crippen molar-refractivity contribution in [1.82, 2.24) is 14.8 Å². The second-order valence-electron chi connectivity index (χ2n) is 3.36. The molecule has 0 radical (unpaired) electrons. The van der Waals surface area contributed by atoms with Gasteiger partial charge in [-0.05, 0) is 6.42 Å². The summed E-state index contributed by atoms with van der Waals surface area (Å²) in [4.78, 5) is 0. The van der Waals surface area contributed by atoms with Crippen LogP contribution in [0.5, 0.6) is 0 Å². The Hall–Kier alpha value is -1.27. The van der Waals surface area contributed by atoms with Crippen LogP contribution < -0.4 is 5.73 Å².